The lowest BCUT2D eigenvalue weighted by molar-refractivity contribution is 0.415. The average molecular weight is 346 g/mol. The van der Waals surface area contributed by atoms with Crippen LogP contribution in [0, 0.1) is 0 Å². The van der Waals surface area contributed by atoms with E-state index in [9.17, 15) is 4.79 Å². The molecule has 0 fully saturated rings. The minimum absolute atomic E-state index is 0.142. The predicted molar refractivity (Wildman–Crippen MR) is 94.2 cm³/mol. The summed E-state index contributed by atoms with van der Waals surface area (Å²) in [7, 11) is 3.15. The molecule has 1 N–H and O–H groups in total. The van der Waals surface area contributed by atoms with Crippen LogP contribution in [0.3, 0.4) is 0 Å². The number of methoxy groups -OCH3 is 2. The Bertz CT molecular complexity index is 940. The third-order valence-corrected chi connectivity index (χ3v) is 3.87. The number of halogens is 1. The maximum absolute atomic E-state index is 12.6. The molecule has 2 aromatic carbocycles. The minimum Gasteiger partial charge on any atom is -0.497 e. The summed E-state index contributed by atoms with van der Waals surface area (Å²) in [5, 5.41) is 4.24. The van der Waals surface area contributed by atoms with Gasteiger partial charge in [0.2, 0.25) is 0 Å². The minimum atomic E-state index is -0.142. The van der Waals surface area contributed by atoms with E-state index in [2.05, 4.69) is 10.3 Å². The summed E-state index contributed by atoms with van der Waals surface area (Å²) >= 11 is 6.01. The van der Waals surface area contributed by atoms with Crippen LogP contribution in [0.1, 0.15) is 0 Å². The molecule has 0 amide bonds. The largest absolute Gasteiger partial charge is 0.497 e. The van der Waals surface area contributed by atoms with Gasteiger partial charge in [-0.3, -0.25) is 9.36 Å². The summed E-state index contributed by atoms with van der Waals surface area (Å²) in [4.78, 5) is 16.9. The van der Waals surface area contributed by atoms with Gasteiger partial charge in [-0.05, 0) is 30.3 Å². The van der Waals surface area contributed by atoms with Gasteiger partial charge in [-0.15, -0.1) is 0 Å². The lowest BCUT2D eigenvalue weighted by Crippen LogP contribution is -2.24. The smallest absolute Gasteiger partial charge is 0.262 e. The standard InChI is InChI=1S/C17H16ClN3O3/c1-23-12-4-5-13-14(8-12)19-9-21(17(13)22)10-20-15-7-11(18)3-6-16(15)24-2/h3-9,20H,10H2,1-2H3. The fourth-order valence-electron chi connectivity index (χ4n) is 2.37. The van der Waals surface area contributed by atoms with Gasteiger partial charge in [-0.25, -0.2) is 4.98 Å². The second kappa shape index (κ2) is 6.80. The number of rotatable bonds is 5. The third-order valence-electron chi connectivity index (χ3n) is 3.63. The molecule has 6 nitrogen and oxygen atoms in total. The van der Waals surface area contributed by atoms with Gasteiger partial charge in [-0.2, -0.15) is 0 Å². The van der Waals surface area contributed by atoms with E-state index in [-0.39, 0.29) is 12.2 Å². The maximum Gasteiger partial charge on any atom is 0.262 e. The summed E-state index contributed by atoms with van der Waals surface area (Å²) in [5.74, 6) is 1.31. The van der Waals surface area contributed by atoms with E-state index in [0.29, 0.717) is 33.1 Å². The average Bonchev–Trinajstić information content (AvgIpc) is 2.61. The summed E-state index contributed by atoms with van der Waals surface area (Å²) in [6.45, 7) is 0.241. The van der Waals surface area contributed by atoms with Crippen LogP contribution >= 0.6 is 11.6 Å². The highest BCUT2D eigenvalue weighted by Gasteiger charge is 2.07. The van der Waals surface area contributed by atoms with Crippen molar-refractivity contribution in [2.24, 2.45) is 0 Å². The van der Waals surface area contributed by atoms with E-state index in [4.69, 9.17) is 21.1 Å². The van der Waals surface area contributed by atoms with E-state index in [1.807, 2.05) is 0 Å². The second-order valence-corrected chi connectivity index (χ2v) is 5.52. The van der Waals surface area contributed by atoms with E-state index in [1.54, 1.807) is 50.6 Å². The number of nitrogens with one attached hydrogen (secondary N) is 1. The van der Waals surface area contributed by atoms with Gasteiger partial charge in [0.05, 0.1) is 43.8 Å². The Morgan fingerprint density at radius 3 is 2.75 bits per heavy atom. The molecule has 0 saturated carbocycles. The molecule has 0 aliphatic carbocycles. The van der Waals surface area contributed by atoms with Crippen LogP contribution in [-0.4, -0.2) is 23.8 Å². The number of hydrogen-bond donors (Lipinski definition) is 1. The zero-order valence-corrected chi connectivity index (χ0v) is 14.0. The normalized spacial score (nSPS) is 10.6. The van der Waals surface area contributed by atoms with Crippen LogP contribution < -0.4 is 20.3 Å². The van der Waals surface area contributed by atoms with E-state index in [1.165, 1.54) is 10.9 Å². The van der Waals surface area contributed by atoms with Gasteiger partial charge in [-0.1, -0.05) is 11.6 Å². The Morgan fingerprint density at radius 2 is 2.00 bits per heavy atom. The molecular formula is C17H16ClN3O3. The molecule has 0 spiro atoms. The van der Waals surface area contributed by atoms with Crippen molar-refractivity contribution in [3.05, 3.63) is 58.1 Å². The highest BCUT2D eigenvalue weighted by Crippen LogP contribution is 2.27. The molecule has 24 heavy (non-hydrogen) atoms. The summed E-state index contributed by atoms with van der Waals surface area (Å²) in [6, 6.07) is 10.4. The second-order valence-electron chi connectivity index (χ2n) is 5.08. The Balaban J connectivity index is 1.90. The van der Waals surface area contributed by atoms with Crippen molar-refractivity contribution in [1.82, 2.24) is 9.55 Å². The van der Waals surface area contributed by atoms with Gasteiger partial charge >= 0.3 is 0 Å². The van der Waals surface area contributed by atoms with Crippen LogP contribution in [0.5, 0.6) is 11.5 Å². The Kier molecular flexibility index (Phi) is 4.57. The van der Waals surface area contributed by atoms with Gasteiger partial charge < -0.3 is 14.8 Å². The molecule has 0 saturated heterocycles. The van der Waals surface area contributed by atoms with Crippen molar-refractivity contribution < 1.29 is 9.47 Å². The summed E-state index contributed by atoms with van der Waals surface area (Å²) in [5.41, 5.74) is 1.15. The van der Waals surface area contributed by atoms with Crippen LogP contribution in [0.2, 0.25) is 5.02 Å². The lowest BCUT2D eigenvalue weighted by Gasteiger charge is -2.13. The first-order valence-electron chi connectivity index (χ1n) is 7.23. The number of nitrogens with zero attached hydrogens (tertiary/aromatic N) is 2. The molecule has 0 bridgehead atoms. The number of hydrogen-bond acceptors (Lipinski definition) is 5. The molecule has 124 valence electrons. The molecule has 7 heteroatoms. The fraction of sp³-hybridized carbons (Fsp3) is 0.176. The zero-order valence-electron chi connectivity index (χ0n) is 13.2. The molecule has 0 unspecified atom stereocenters. The van der Waals surface area contributed by atoms with E-state index < -0.39 is 0 Å². The number of ether oxygens (including phenoxy) is 2. The molecule has 3 rings (SSSR count). The fourth-order valence-corrected chi connectivity index (χ4v) is 2.54. The van der Waals surface area contributed by atoms with Gasteiger partial charge in [0.1, 0.15) is 11.5 Å². The topological polar surface area (TPSA) is 65.4 Å². The molecule has 0 aliphatic rings. The zero-order chi connectivity index (χ0) is 17.1. The molecule has 1 heterocycles. The Morgan fingerprint density at radius 1 is 1.17 bits per heavy atom. The van der Waals surface area contributed by atoms with Crippen LogP contribution in [0.4, 0.5) is 5.69 Å². The lowest BCUT2D eigenvalue weighted by atomic mass is 10.2. The van der Waals surface area contributed by atoms with Crippen LogP contribution in [0.25, 0.3) is 10.9 Å². The Hall–Kier alpha value is -2.73. The van der Waals surface area contributed by atoms with Crippen LogP contribution in [-0.2, 0) is 6.67 Å². The molecular weight excluding hydrogens is 330 g/mol. The van der Waals surface area contributed by atoms with Crippen molar-refractivity contribution in [2.75, 3.05) is 19.5 Å². The highest BCUT2D eigenvalue weighted by atomic mass is 35.5. The van der Waals surface area contributed by atoms with Crippen molar-refractivity contribution in [3.8, 4) is 11.5 Å². The molecule has 3 aromatic rings. The quantitative estimate of drug-likeness (QED) is 0.769. The number of fused-ring (bicyclic) bond motifs is 1. The SMILES string of the molecule is COc1ccc2c(=O)n(CNc3cc(Cl)ccc3OC)cnc2c1. The number of aromatic nitrogens is 2. The maximum atomic E-state index is 12.6. The van der Waals surface area contributed by atoms with Crippen molar-refractivity contribution in [2.45, 2.75) is 6.67 Å². The third kappa shape index (κ3) is 3.14. The number of benzene rings is 2. The summed E-state index contributed by atoms with van der Waals surface area (Å²) < 4.78 is 11.9. The first kappa shape index (κ1) is 16.1. The van der Waals surface area contributed by atoms with Gasteiger partial charge in [0.15, 0.2) is 0 Å². The molecule has 0 aliphatic heterocycles. The van der Waals surface area contributed by atoms with Gasteiger partial charge in [0.25, 0.3) is 5.56 Å². The predicted octanol–water partition coefficient (Wildman–Crippen LogP) is 3.14. The van der Waals surface area contributed by atoms with Crippen LogP contribution in [0.15, 0.2) is 47.5 Å². The highest BCUT2D eigenvalue weighted by molar-refractivity contribution is 6.30. The first-order chi connectivity index (χ1) is 11.6. The molecule has 0 atom stereocenters. The van der Waals surface area contributed by atoms with Crippen molar-refractivity contribution in [3.63, 3.8) is 0 Å². The Labute approximate surface area is 143 Å². The number of anilines is 1. The summed E-state index contributed by atoms with van der Waals surface area (Å²) in [6.07, 6.45) is 1.49. The molecule has 1 aromatic heterocycles. The van der Waals surface area contributed by atoms with E-state index in [0.717, 1.165) is 0 Å². The first-order valence-corrected chi connectivity index (χ1v) is 7.61. The van der Waals surface area contributed by atoms with E-state index >= 15 is 0 Å². The monoisotopic (exact) mass is 345 g/mol. The van der Waals surface area contributed by atoms with Crippen molar-refractivity contribution in [1.29, 1.82) is 0 Å². The van der Waals surface area contributed by atoms with Crippen molar-refractivity contribution >= 4 is 28.2 Å². The molecule has 0 radical (unpaired) electrons. The van der Waals surface area contributed by atoms with Gasteiger partial charge in [0, 0.05) is 11.1 Å².